The molecule has 2 rings (SSSR count). The Morgan fingerprint density at radius 1 is 1.44 bits per heavy atom. The van der Waals surface area contributed by atoms with Crippen LogP contribution in [-0.4, -0.2) is 29.1 Å². The van der Waals surface area contributed by atoms with Gasteiger partial charge in [0.25, 0.3) is 0 Å². The van der Waals surface area contributed by atoms with Gasteiger partial charge in [0.2, 0.25) is 0 Å². The van der Waals surface area contributed by atoms with E-state index in [2.05, 4.69) is 0 Å². The van der Waals surface area contributed by atoms with Crippen LogP contribution in [0.1, 0.15) is 23.0 Å². The molecule has 1 aromatic carbocycles. The van der Waals surface area contributed by atoms with Crippen molar-refractivity contribution in [1.82, 2.24) is 0 Å². The van der Waals surface area contributed by atoms with Gasteiger partial charge >= 0.3 is 5.97 Å². The van der Waals surface area contributed by atoms with Gasteiger partial charge in [-0.25, -0.2) is 0 Å². The van der Waals surface area contributed by atoms with Gasteiger partial charge < -0.3 is 10.8 Å². The average molecular weight is 237 g/mol. The number of hydrogen-bond acceptors (Lipinski definition) is 3. The monoisotopic (exact) mass is 237 g/mol. The van der Waals surface area contributed by atoms with Crippen molar-refractivity contribution in [3.63, 3.8) is 0 Å². The Labute approximate surface area is 99.0 Å². The third-order valence-corrected chi connectivity index (χ3v) is 4.26. The first kappa shape index (κ1) is 11.5. The highest BCUT2D eigenvalue weighted by Crippen LogP contribution is 2.34. The Morgan fingerprint density at radius 2 is 2.06 bits per heavy atom. The summed E-state index contributed by atoms with van der Waals surface area (Å²) in [7, 11) is 0. The van der Waals surface area contributed by atoms with Crippen LogP contribution < -0.4 is 5.73 Å². The Balaban J connectivity index is 2.14. The van der Waals surface area contributed by atoms with Gasteiger partial charge in [-0.05, 0) is 11.1 Å². The van der Waals surface area contributed by atoms with E-state index < -0.39 is 11.9 Å². The first-order valence-corrected chi connectivity index (χ1v) is 6.48. The summed E-state index contributed by atoms with van der Waals surface area (Å²) in [5.74, 6) is 1.58. The van der Waals surface area contributed by atoms with E-state index in [0.717, 1.165) is 5.56 Å². The second-order valence-electron chi connectivity index (χ2n) is 4.03. The summed E-state index contributed by atoms with van der Waals surface area (Å²) >= 11 is 1.95. The second kappa shape index (κ2) is 4.89. The summed E-state index contributed by atoms with van der Waals surface area (Å²) in [6.07, 6.45) is 0. The molecular formula is C12H15NO2S. The van der Waals surface area contributed by atoms with E-state index in [1.54, 1.807) is 0 Å². The van der Waals surface area contributed by atoms with E-state index in [1.807, 2.05) is 36.0 Å². The van der Waals surface area contributed by atoms with Crippen molar-refractivity contribution in [2.75, 3.05) is 18.1 Å². The fraction of sp³-hybridized carbons (Fsp3) is 0.417. The normalized spacial score (nSPS) is 17.8. The largest absolute Gasteiger partial charge is 0.481 e. The second-order valence-corrected chi connectivity index (χ2v) is 5.10. The maximum atomic E-state index is 10.9. The standard InChI is InChI=1S/C12H15NO2S/c13-5-11(12(14)15)9-3-1-8(2-4-9)10-6-16-7-10/h1-4,10-11H,5-7,13H2,(H,14,15). The molecule has 0 amide bonds. The van der Waals surface area contributed by atoms with E-state index in [9.17, 15) is 4.79 Å². The molecule has 16 heavy (non-hydrogen) atoms. The third-order valence-electron chi connectivity index (χ3n) is 2.98. The van der Waals surface area contributed by atoms with Crippen LogP contribution >= 0.6 is 11.8 Å². The molecule has 4 heteroatoms. The molecule has 1 aromatic rings. The molecule has 0 spiro atoms. The summed E-state index contributed by atoms with van der Waals surface area (Å²) in [4.78, 5) is 10.9. The number of thioether (sulfide) groups is 1. The van der Waals surface area contributed by atoms with Crippen molar-refractivity contribution in [1.29, 1.82) is 0 Å². The zero-order chi connectivity index (χ0) is 11.5. The van der Waals surface area contributed by atoms with E-state index in [0.29, 0.717) is 5.92 Å². The molecule has 1 fully saturated rings. The maximum Gasteiger partial charge on any atom is 0.312 e. The molecule has 1 atom stereocenters. The van der Waals surface area contributed by atoms with Crippen LogP contribution in [0.25, 0.3) is 0 Å². The zero-order valence-electron chi connectivity index (χ0n) is 8.93. The maximum absolute atomic E-state index is 10.9. The van der Waals surface area contributed by atoms with Crippen LogP contribution in [0.5, 0.6) is 0 Å². The van der Waals surface area contributed by atoms with E-state index in [-0.39, 0.29) is 6.54 Å². The molecule has 3 nitrogen and oxygen atoms in total. The fourth-order valence-corrected chi connectivity index (χ4v) is 2.66. The van der Waals surface area contributed by atoms with Crippen molar-refractivity contribution in [2.24, 2.45) is 5.73 Å². The average Bonchev–Trinajstić information content (AvgIpc) is 2.18. The van der Waals surface area contributed by atoms with Crippen LogP contribution in [0, 0.1) is 0 Å². The van der Waals surface area contributed by atoms with Crippen LogP contribution in [0.15, 0.2) is 24.3 Å². The molecule has 3 N–H and O–H groups in total. The molecule has 0 saturated carbocycles. The third kappa shape index (κ3) is 2.23. The van der Waals surface area contributed by atoms with Crippen molar-refractivity contribution < 1.29 is 9.90 Å². The quantitative estimate of drug-likeness (QED) is 0.835. The number of carboxylic acid groups (broad SMARTS) is 1. The lowest BCUT2D eigenvalue weighted by atomic mass is 9.95. The highest BCUT2D eigenvalue weighted by molar-refractivity contribution is 8.00. The smallest absolute Gasteiger partial charge is 0.312 e. The lowest BCUT2D eigenvalue weighted by Crippen LogP contribution is -2.21. The van der Waals surface area contributed by atoms with Crippen molar-refractivity contribution in [3.05, 3.63) is 35.4 Å². The van der Waals surface area contributed by atoms with Crippen LogP contribution in [-0.2, 0) is 4.79 Å². The summed E-state index contributed by atoms with van der Waals surface area (Å²) in [6, 6.07) is 7.85. The molecule has 0 aliphatic carbocycles. The van der Waals surface area contributed by atoms with Crippen LogP contribution in [0.2, 0.25) is 0 Å². The first-order chi connectivity index (χ1) is 7.72. The molecule has 0 bridgehead atoms. The predicted molar refractivity (Wildman–Crippen MR) is 65.9 cm³/mol. The molecular weight excluding hydrogens is 222 g/mol. The molecule has 0 aromatic heterocycles. The molecule has 0 radical (unpaired) electrons. The summed E-state index contributed by atoms with van der Waals surface area (Å²) < 4.78 is 0. The van der Waals surface area contributed by atoms with E-state index in [4.69, 9.17) is 10.8 Å². The molecule has 1 aliphatic rings. The fourth-order valence-electron chi connectivity index (χ4n) is 1.81. The molecule has 1 aliphatic heterocycles. The lowest BCUT2D eigenvalue weighted by molar-refractivity contribution is -0.138. The summed E-state index contributed by atoms with van der Waals surface area (Å²) in [5.41, 5.74) is 7.56. The number of aliphatic carboxylic acids is 1. The summed E-state index contributed by atoms with van der Waals surface area (Å²) in [6.45, 7) is 0.147. The van der Waals surface area contributed by atoms with Gasteiger partial charge in [0, 0.05) is 24.0 Å². The first-order valence-electron chi connectivity index (χ1n) is 5.33. The molecule has 1 unspecified atom stereocenters. The minimum Gasteiger partial charge on any atom is -0.481 e. The minimum absolute atomic E-state index is 0.147. The molecule has 86 valence electrons. The van der Waals surface area contributed by atoms with E-state index >= 15 is 0 Å². The molecule has 1 saturated heterocycles. The predicted octanol–water partition coefficient (Wildman–Crippen LogP) is 1.64. The zero-order valence-corrected chi connectivity index (χ0v) is 9.74. The van der Waals surface area contributed by atoms with Crippen LogP contribution in [0.3, 0.4) is 0 Å². The Kier molecular flexibility index (Phi) is 3.51. The number of benzene rings is 1. The van der Waals surface area contributed by atoms with Crippen molar-refractivity contribution in [3.8, 4) is 0 Å². The van der Waals surface area contributed by atoms with E-state index in [1.165, 1.54) is 17.1 Å². The summed E-state index contributed by atoms with van der Waals surface area (Å²) in [5, 5.41) is 8.98. The van der Waals surface area contributed by atoms with Gasteiger partial charge in [0.15, 0.2) is 0 Å². The van der Waals surface area contributed by atoms with Gasteiger partial charge in [-0.15, -0.1) is 0 Å². The van der Waals surface area contributed by atoms with Crippen LogP contribution in [0.4, 0.5) is 0 Å². The van der Waals surface area contributed by atoms with Gasteiger partial charge in [-0.3, -0.25) is 4.79 Å². The minimum atomic E-state index is -0.852. The van der Waals surface area contributed by atoms with Gasteiger partial charge in [0.1, 0.15) is 0 Å². The number of hydrogen-bond donors (Lipinski definition) is 2. The van der Waals surface area contributed by atoms with Crippen molar-refractivity contribution >= 4 is 17.7 Å². The highest BCUT2D eigenvalue weighted by Gasteiger charge is 2.21. The Bertz CT molecular complexity index is 373. The van der Waals surface area contributed by atoms with Crippen molar-refractivity contribution in [2.45, 2.75) is 11.8 Å². The number of nitrogens with two attached hydrogens (primary N) is 1. The van der Waals surface area contributed by atoms with Gasteiger partial charge in [-0.1, -0.05) is 24.3 Å². The lowest BCUT2D eigenvalue weighted by Gasteiger charge is -2.25. The molecule has 1 heterocycles. The topological polar surface area (TPSA) is 63.3 Å². The van der Waals surface area contributed by atoms with Gasteiger partial charge in [-0.2, -0.15) is 11.8 Å². The SMILES string of the molecule is NCC(C(=O)O)c1ccc(C2CSC2)cc1. The number of carboxylic acids is 1. The number of carbonyl (C=O) groups is 1. The Hall–Kier alpha value is -1.00. The Morgan fingerprint density at radius 3 is 2.44 bits per heavy atom. The number of rotatable bonds is 4. The van der Waals surface area contributed by atoms with Gasteiger partial charge in [0.05, 0.1) is 5.92 Å². The highest BCUT2D eigenvalue weighted by atomic mass is 32.2.